The Hall–Kier alpha value is -8.14. The molecule has 0 aromatic heterocycles. The number of fused-ring (bicyclic) bond motifs is 14. The van der Waals surface area contributed by atoms with E-state index in [0.717, 1.165) is 29.8 Å². The van der Waals surface area contributed by atoms with E-state index < -0.39 is 217 Å². The van der Waals surface area contributed by atoms with Gasteiger partial charge in [0.1, 0.15) is 96.0 Å². The predicted octanol–water partition coefficient (Wildman–Crippen LogP) is -3.97. The molecule has 0 aliphatic carbocycles. The number of hydrogen-bond acceptors (Lipinski definition) is 24. The average Bonchev–Trinajstić information content (AvgIpc) is 1.55. The van der Waals surface area contributed by atoms with Crippen LogP contribution in [0.5, 0.6) is 0 Å². The van der Waals surface area contributed by atoms with Crippen LogP contribution in [-0.4, -0.2) is 272 Å². The molecule has 16 N–H and O–H groups in total. The molecule has 0 saturated carbocycles. The number of carbonyl (C=O) groups is 12. The third-order valence-electron chi connectivity index (χ3n) is 21.9. The quantitative estimate of drug-likeness (QED) is 0.114. The molecule has 12 amide bonds. The summed E-state index contributed by atoms with van der Waals surface area (Å²) in [6.07, 6.45) is -5.55. The van der Waals surface area contributed by atoms with Gasteiger partial charge in [0.05, 0.1) is 35.5 Å². The largest absolute Gasteiger partial charge is 0.391 e. The third-order valence-corrected chi connectivity index (χ3v) is 22.5. The Labute approximate surface area is 620 Å². The molecule has 8 fully saturated rings. The lowest BCUT2D eigenvalue weighted by Crippen LogP contribution is -2.69. The first-order valence-electron chi connectivity index (χ1n) is 36.1. The minimum atomic E-state index is -2.29. The highest BCUT2D eigenvalue weighted by molar-refractivity contribution is 6.37. The molecule has 578 valence electrons. The zero-order chi connectivity index (χ0) is 76.4. The van der Waals surface area contributed by atoms with Crippen LogP contribution in [0, 0.1) is 11.8 Å². The number of ether oxygens (including phenoxy) is 2. The molecule has 36 nitrogen and oxygen atoms in total. The number of nitrogens with zero attached hydrogens (tertiary/aromatic N) is 6. The monoisotopic (exact) mass is 1520 g/mol. The molecule has 0 bridgehead atoms. The Morgan fingerprint density at radius 1 is 0.415 bits per heavy atom. The Balaban J connectivity index is 0.910. The summed E-state index contributed by atoms with van der Waals surface area (Å²) < 4.78 is 10.7. The molecule has 0 radical (unpaired) electrons. The number of benzene rings is 2. The van der Waals surface area contributed by atoms with Crippen molar-refractivity contribution in [2.24, 2.45) is 11.8 Å². The fourth-order valence-corrected chi connectivity index (χ4v) is 16.9. The van der Waals surface area contributed by atoms with Crippen LogP contribution >= 0.6 is 23.2 Å². The van der Waals surface area contributed by atoms with Crippen LogP contribution in [0.4, 0.5) is 11.4 Å². The number of hydrazine groups is 4. The third kappa shape index (κ3) is 14.0. The topological polar surface area (TPSA) is 468 Å². The van der Waals surface area contributed by atoms with Gasteiger partial charge in [0.2, 0.25) is 47.3 Å². The summed E-state index contributed by atoms with van der Waals surface area (Å²) in [5.41, 5.74) is 7.92. The van der Waals surface area contributed by atoms with Gasteiger partial charge in [-0.3, -0.25) is 77.6 Å². The highest BCUT2D eigenvalue weighted by atomic mass is 35.5. The zero-order valence-corrected chi connectivity index (χ0v) is 61.5. The van der Waals surface area contributed by atoms with Crippen LogP contribution in [0.25, 0.3) is 11.1 Å². The molecule has 2 aromatic rings. The first-order valence-corrected chi connectivity index (χ1v) is 36.8. The normalized spacial score (nSPS) is 33.5. The second-order valence-corrected chi connectivity index (χ2v) is 30.5. The number of halogens is 2. The van der Waals surface area contributed by atoms with E-state index in [1.54, 1.807) is 27.7 Å². The fourth-order valence-electron chi connectivity index (χ4n) is 16.3. The van der Waals surface area contributed by atoms with Gasteiger partial charge < -0.3 is 82.2 Å². The predicted molar refractivity (Wildman–Crippen MR) is 375 cm³/mol. The number of anilines is 2. The summed E-state index contributed by atoms with van der Waals surface area (Å²) in [6, 6.07) is -12.2. The van der Waals surface area contributed by atoms with E-state index in [-0.39, 0.29) is 82.4 Å². The Kier molecular flexibility index (Phi) is 22.5. The molecule has 10 aliphatic heterocycles. The SMILES string of the molecule is COC[C@@H]1NC(=O)C2CCCNN2C(=O)[C@@H]2CCCNN2C(=O)C(C(C)C)NC(=O)[C@@H]2C[C@@]3(O)c4cc(-c5cc6c(cc5Cl)N[C@H]5N7C(=O)[C@@H]([C@H](C)O)NC(=O)[C@H](COC)NC(=O)[C@H]8CCCNN8C(=O)[C@@H]8CCCNN8C(=O)C(C(C)C)NC(=O)[C@@H]7C[C@@]65O)c(Cl)cc4N[C@H]3N2C(=O)[C@@H]([C@H](C)O)NC1=O. The maximum atomic E-state index is 15.6. The molecule has 2 aromatic carbocycles. The number of hydrogen-bond donors (Lipinski definition) is 16. The van der Waals surface area contributed by atoms with E-state index in [1.165, 1.54) is 52.3 Å². The molecule has 12 rings (SSSR count). The van der Waals surface area contributed by atoms with Gasteiger partial charge in [-0.05, 0) is 101 Å². The second kappa shape index (κ2) is 30.8. The summed E-state index contributed by atoms with van der Waals surface area (Å²) >= 11 is 14.5. The van der Waals surface area contributed by atoms with Gasteiger partial charge in [0.25, 0.3) is 23.6 Å². The summed E-state index contributed by atoms with van der Waals surface area (Å²) in [7, 11) is 2.53. The van der Waals surface area contributed by atoms with E-state index in [4.69, 9.17) is 32.7 Å². The van der Waals surface area contributed by atoms with Crippen molar-refractivity contribution >= 4 is 105 Å². The Morgan fingerprint density at radius 2 is 0.726 bits per heavy atom. The van der Waals surface area contributed by atoms with Gasteiger partial charge >= 0.3 is 0 Å². The average molecular weight is 1520 g/mol. The maximum absolute atomic E-state index is 15.6. The smallest absolute Gasteiger partial charge is 0.261 e. The lowest BCUT2D eigenvalue weighted by atomic mass is 9.86. The first-order chi connectivity index (χ1) is 50.3. The molecule has 10 heterocycles. The Morgan fingerprint density at radius 3 is 1.05 bits per heavy atom. The molecular weight excluding hydrogens is 1430 g/mol. The fraction of sp³-hybridized carbons (Fsp3) is 0.647. The van der Waals surface area contributed by atoms with Crippen molar-refractivity contribution in [1.82, 2.24) is 83.4 Å². The zero-order valence-electron chi connectivity index (χ0n) is 60.0. The highest BCUT2D eigenvalue weighted by Gasteiger charge is 2.64. The lowest BCUT2D eigenvalue weighted by Gasteiger charge is -2.43. The minimum absolute atomic E-state index is 0.0299. The number of carbonyl (C=O) groups excluding carboxylic acids is 12. The number of nitrogens with one attached hydrogen (secondary N) is 12. The van der Waals surface area contributed by atoms with Crippen molar-refractivity contribution in [2.45, 2.75) is 214 Å². The van der Waals surface area contributed by atoms with Crippen LogP contribution in [0.3, 0.4) is 0 Å². The van der Waals surface area contributed by atoms with E-state index in [1.807, 2.05) is 0 Å². The van der Waals surface area contributed by atoms with Gasteiger partial charge in [-0.2, -0.15) is 0 Å². The maximum Gasteiger partial charge on any atom is 0.261 e. The minimum Gasteiger partial charge on any atom is -0.391 e. The first kappa shape index (κ1) is 77.5. The summed E-state index contributed by atoms with van der Waals surface area (Å²) in [5, 5.41) is 76.7. The summed E-state index contributed by atoms with van der Waals surface area (Å²) in [6.45, 7) is 9.20. The molecule has 8 saturated heterocycles. The lowest BCUT2D eigenvalue weighted by molar-refractivity contribution is -0.161. The van der Waals surface area contributed by atoms with Crippen molar-refractivity contribution in [1.29, 1.82) is 0 Å². The Bertz CT molecular complexity index is 3630. The molecule has 3 unspecified atom stereocenters. The molecular formula is C68H94Cl2N18O18. The standard InChI is InChI=1S/C68H94Cl2N18O18/c1-29(2)49-63(101)87-45(15-11-19-73-87)59(97)85-43(13-9-17-71-85)55(93)75-41(27-105-7)53(91)81-51(31(5)89)61(99)83-47(57(95)79-49)25-67(103)35-21-33(37(69)23-39(35)77-65(67)83)34-22-36-40(24-38(34)70)78-66-68(36,104)26-48-58(96)80-50(30(3)4)64(102)88-46(16-12-20-74-88)60(98)86-44(14-10-18-72-86)56(94)76-42(28-106-8)54(92)82-52(32(6)90)62(100)84(48)66/h21-24,29-32,41-52,65-66,71-74,77-78,89-90,103-104H,9-20,25-28H2,1-8H3,(H,75,93)(H,76,94)(H,79,95)(H,80,96)(H,81,91)(H,82,92)/t31-,32-,41-,42-,43+,44?,45-,46-,47-,48-,49?,50?,51+,52+,65-,66-,67+,68+/m0/s1. The van der Waals surface area contributed by atoms with E-state index in [2.05, 4.69) is 64.2 Å². The summed E-state index contributed by atoms with van der Waals surface area (Å²) in [5.74, 6) is -11.8. The van der Waals surface area contributed by atoms with Gasteiger partial charge in [-0.25, -0.2) is 21.7 Å². The van der Waals surface area contributed by atoms with Crippen LogP contribution in [0.15, 0.2) is 24.3 Å². The van der Waals surface area contributed by atoms with E-state index in [0.29, 0.717) is 38.8 Å². The highest BCUT2D eigenvalue weighted by Crippen LogP contribution is 2.55. The van der Waals surface area contributed by atoms with Crippen molar-refractivity contribution < 1.29 is 87.4 Å². The van der Waals surface area contributed by atoms with Gasteiger partial charge in [-0.1, -0.05) is 50.9 Å². The van der Waals surface area contributed by atoms with Crippen molar-refractivity contribution in [3.63, 3.8) is 0 Å². The molecule has 106 heavy (non-hydrogen) atoms. The van der Waals surface area contributed by atoms with Crippen LogP contribution in [0.1, 0.15) is 117 Å². The van der Waals surface area contributed by atoms with Crippen LogP contribution in [-0.2, 0) is 78.2 Å². The molecule has 18 atom stereocenters. The molecule has 38 heteroatoms. The second-order valence-electron chi connectivity index (χ2n) is 29.7. The number of methoxy groups -OCH3 is 2. The van der Waals surface area contributed by atoms with Crippen LogP contribution in [0.2, 0.25) is 10.0 Å². The number of amides is 12. The van der Waals surface area contributed by atoms with E-state index >= 15 is 28.8 Å². The van der Waals surface area contributed by atoms with E-state index in [9.17, 15) is 49.2 Å². The number of aliphatic hydroxyl groups excluding tert-OH is 2. The molecule has 0 spiro atoms. The van der Waals surface area contributed by atoms with Crippen molar-refractivity contribution in [2.75, 3.05) is 64.2 Å². The van der Waals surface area contributed by atoms with Gasteiger partial charge in [0.15, 0.2) is 0 Å². The molecule has 10 aliphatic rings. The number of rotatable bonds is 9. The van der Waals surface area contributed by atoms with Crippen LogP contribution < -0.4 is 64.2 Å². The van der Waals surface area contributed by atoms with Crippen molar-refractivity contribution in [3.8, 4) is 11.1 Å². The van der Waals surface area contributed by atoms with Crippen molar-refractivity contribution in [3.05, 3.63) is 45.4 Å². The summed E-state index contributed by atoms with van der Waals surface area (Å²) in [4.78, 5) is 181. The number of aliphatic hydroxyl groups is 4. The van der Waals surface area contributed by atoms with Gasteiger partial charge in [0, 0.05) is 86.9 Å². The van der Waals surface area contributed by atoms with Gasteiger partial charge in [-0.15, -0.1) is 0 Å².